The van der Waals surface area contributed by atoms with Gasteiger partial charge in [-0.1, -0.05) is 18.3 Å². The van der Waals surface area contributed by atoms with Gasteiger partial charge in [-0.3, -0.25) is 0 Å². The number of halogens is 1. The van der Waals surface area contributed by atoms with E-state index in [9.17, 15) is 4.39 Å². The first-order valence-electron chi connectivity index (χ1n) is 4.84. The van der Waals surface area contributed by atoms with Gasteiger partial charge in [0.05, 0.1) is 0 Å². The number of nitrogens with zero attached hydrogens (tertiary/aromatic N) is 1. The fraction of sp³-hybridized carbons (Fsp3) is 0. The molecule has 0 aliphatic carbocycles. The van der Waals surface area contributed by atoms with Crippen LogP contribution in [0, 0.1) is 5.82 Å². The summed E-state index contributed by atoms with van der Waals surface area (Å²) in [5, 5.41) is 0. The minimum absolute atomic E-state index is 0.261. The third-order valence-electron chi connectivity index (χ3n) is 2.04. The molecular formula is C12H9FN2OS. The van der Waals surface area contributed by atoms with Gasteiger partial charge in [0, 0.05) is 23.9 Å². The van der Waals surface area contributed by atoms with Crippen molar-refractivity contribution >= 4 is 17.2 Å². The maximum Gasteiger partial charge on any atom is 0.219 e. The van der Waals surface area contributed by atoms with E-state index in [1.807, 2.05) is 0 Å². The molecule has 0 unspecified atom stereocenters. The first-order chi connectivity index (χ1) is 8.15. The van der Waals surface area contributed by atoms with Gasteiger partial charge in [-0.2, -0.15) is 0 Å². The summed E-state index contributed by atoms with van der Waals surface area (Å²) < 4.78 is 18.3. The molecule has 0 aliphatic heterocycles. The lowest BCUT2D eigenvalue weighted by Gasteiger charge is -2.05. The average Bonchev–Trinajstić information content (AvgIpc) is 2.29. The summed E-state index contributed by atoms with van der Waals surface area (Å²) in [6.45, 7) is 0. The predicted molar refractivity (Wildman–Crippen MR) is 66.6 cm³/mol. The van der Waals surface area contributed by atoms with Gasteiger partial charge < -0.3 is 10.5 Å². The van der Waals surface area contributed by atoms with Crippen molar-refractivity contribution in [2.75, 3.05) is 0 Å². The van der Waals surface area contributed by atoms with Crippen molar-refractivity contribution in [1.29, 1.82) is 0 Å². The largest absolute Gasteiger partial charge is 0.439 e. The van der Waals surface area contributed by atoms with E-state index in [1.54, 1.807) is 24.3 Å². The van der Waals surface area contributed by atoms with E-state index in [0.29, 0.717) is 17.2 Å². The summed E-state index contributed by atoms with van der Waals surface area (Å²) in [6.07, 6.45) is 1.53. The molecule has 5 heteroatoms. The van der Waals surface area contributed by atoms with Gasteiger partial charge in [0.1, 0.15) is 16.6 Å². The molecule has 17 heavy (non-hydrogen) atoms. The molecule has 0 saturated heterocycles. The van der Waals surface area contributed by atoms with E-state index in [1.165, 1.54) is 18.3 Å². The molecule has 0 atom stereocenters. The SMILES string of the molecule is NC(=S)c1ccnc(Oc2cccc(F)c2)c1. The van der Waals surface area contributed by atoms with Crippen LogP contribution in [0.15, 0.2) is 42.6 Å². The maximum absolute atomic E-state index is 12.9. The van der Waals surface area contributed by atoms with Crippen LogP contribution in [0.2, 0.25) is 0 Å². The topological polar surface area (TPSA) is 48.1 Å². The second kappa shape index (κ2) is 4.88. The fourth-order valence-electron chi connectivity index (χ4n) is 1.27. The van der Waals surface area contributed by atoms with E-state index in [4.69, 9.17) is 22.7 Å². The third-order valence-corrected chi connectivity index (χ3v) is 2.27. The van der Waals surface area contributed by atoms with Crippen LogP contribution in [0.3, 0.4) is 0 Å². The molecule has 0 saturated carbocycles. The van der Waals surface area contributed by atoms with Crippen LogP contribution >= 0.6 is 12.2 Å². The Hall–Kier alpha value is -2.01. The van der Waals surface area contributed by atoms with Crippen LogP contribution < -0.4 is 10.5 Å². The first kappa shape index (κ1) is 11.5. The Morgan fingerprint density at radius 3 is 2.82 bits per heavy atom. The fourth-order valence-corrected chi connectivity index (χ4v) is 1.40. The molecule has 0 aliphatic rings. The Labute approximate surface area is 103 Å². The van der Waals surface area contributed by atoms with Crippen LogP contribution in [0.25, 0.3) is 0 Å². The Morgan fingerprint density at radius 2 is 2.12 bits per heavy atom. The summed E-state index contributed by atoms with van der Waals surface area (Å²) in [5.74, 6) is 0.325. The number of thiocarbonyl (C=S) groups is 1. The number of pyridine rings is 1. The van der Waals surface area contributed by atoms with Crippen LogP contribution in [0.4, 0.5) is 4.39 Å². The predicted octanol–water partition coefficient (Wildman–Crippen LogP) is 2.65. The van der Waals surface area contributed by atoms with Crippen molar-refractivity contribution in [3.05, 3.63) is 54.0 Å². The van der Waals surface area contributed by atoms with Gasteiger partial charge in [-0.25, -0.2) is 9.37 Å². The van der Waals surface area contributed by atoms with Crippen molar-refractivity contribution in [2.45, 2.75) is 0 Å². The molecule has 0 bridgehead atoms. The summed E-state index contributed by atoms with van der Waals surface area (Å²) in [7, 11) is 0. The normalized spacial score (nSPS) is 9.94. The highest BCUT2D eigenvalue weighted by Gasteiger charge is 2.02. The number of hydrogen-bond acceptors (Lipinski definition) is 3. The Bertz CT molecular complexity index is 560. The van der Waals surface area contributed by atoms with Crippen molar-refractivity contribution in [3.63, 3.8) is 0 Å². The zero-order valence-electron chi connectivity index (χ0n) is 8.76. The summed E-state index contributed by atoms with van der Waals surface area (Å²) >= 11 is 4.84. The number of aromatic nitrogens is 1. The Balaban J connectivity index is 2.24. The molecule has 0 spiro atoms. The maximum atomic E-state index is 12.9. The monoisotopic (exact) mass is 248 g/mol. The second-order valence-corrected chi connectivity index (χ2v) is 3.75. The molecule has 2 rings (SSSR count). The van der Waals surface area contributed by atoms with Gasteiger partial charge in [0.25, 0.3) is 0 Å². The van der Waals surface area contributed by atoms with Crippen LogP contribution in [-0.4, -0.2) is 9.97 Å². The van der Waals surface area contributed by atoms with E-state index < -0.39 is 0 Å². The molecule has 2 N–H and O–H groups in total. The highest BCUT2D eigenvalue weighted by atomic mass is 32.1. The van der Waals surface area contributed by atoms with Crippen LogP contribution in [0.5, 0.6) is 11.6 Å². The van der Waals surface area contributed by atoms with Crippen LogP contribution in [0.1, 0.15) is 5.56 Å². The zero-order valence-corrected chi connectivity index (χ0v) is 9.58. The molecule has 1 heterocycles. The van der Waals surface area contributed by atoms with Crippen molar-refractivity contribution in [1.82, 2.24) is 4.98 Å². The van der Waals surface area contributed by atoms with E-state index in [0.717, 1.165) is 0 Å². The van der Waals surface area contributed by atoms with E-state index in [-0.39, 0.29) is 10.8 Å². The van der Waals surface area contributed by atoms with Crippen LogP contribution in [-0.2, 0) is 0 Å². The highest BCUT2D eigenvalue weighted by molar-refractivity contribution is 7.80. The molecular weight excluding hydrogens is 239 g/mol. The summed E-state index contributed by atoms with van der Waals surface area (Å²) in [6, 6.07) is 9.09. The summed E-state index contributed by atoms with van der Waals surface area (Å²) in [5.41, 5.74) is 6.14. The Kier molecular flexibility index (Phi) is 3.30. The molecule has 1 aromatic carbocycles. The van der Waals surface area contributed by atoms with E-state index >= 15 is 0 Å². The standard InChI is InChI=1S/C12H9FN2OS/c13-9-2-1-3-10(7-9)16-11-6-8(12(14)17)4-5-15-11/h1-7H,(H2,14,17). The quantitative estimate of drug-likeness (QED) is 0.848. The average molecular weight is 248 g/mol. The lowest BCUT2D eigenvalue weighted by molar-refractivity contribution is 0.458. The lowest BCUT2D eigenvalue weighted by Crippen LogP contribution is -2.09. The van der Waals surface area contributed by atoms with E-state index in [2.05, 4.69) is 4.98 Å². The summed E-state index contributed by atoms with van der Waals surface area (Å²) in [4.78, 5) is 4.25. The first-order valence-corrected chi connectivity index (χ1v) is 5.25. The molecule has 0 amide bonds. The minimum atomic E-state index is -0.368. The molecule has 3 nitrogen and oxygen atoms in total. The van der Waals surface area contributed by atoms with Crippen molar-refractivity contribution < 1.29 is 9.13 Å². The molecule has 0 fully saturated rings. The molecule has 2 aromatic rings. The van der Waals surface area contributed by atoms with Gasteiger partial charge in [-0.05, 0) is 18.2 Å². The second-order valence-electron chi connectivity index (χ2n) is 3.31. The minimum Gasteiger partial charge on any atom is -0.439 e. The molecule has 86 valence electrons. The van der Waals surface area contributed by atoms with Gasteiger partial charge >= 0.3 is 0 Å². The molecule has 1 aromatic heterocycles. The highest BCUT2D eigenvalue weighted by Crippen LogP contribution is 2.20. The smallest absolute Gasteiger partial charge is 0.219 e. The van der Waals surface area contributed by atoms with Gasteiger partial charge in [0.2, 0.25) is 5.88 Å². The van der Waals surface area contributed by atoms with Crippen molar-refractivity contribution in [3.8, 4) is 11.6 Å². The number of benzene rings is 1. The van der Waals surface area contributed by atoms with Gasteiger partial charge in [-0.15, -0.1) is 0 Å². The van der Waals surface area contributed by atoms with Gasteiger partial charge in [0.15, 0.2) is 0 Å². The number of rotatable bonds is 3. The lowest BCUT2D eigenvalue weighted by atomic mass is 10.3. The number of hydrogen-bond donors (Lipinski definition) is 1. The molecule has 0 radical (unpaired) electrons. The third kappa shape index (κ3) is 2.98. The van der Waals surface area contributed by atoms with Crippen molar-refractivity contribution in [2.24, 2.45) is 5.73 Å². The number of nitrogens with two attached hydrogens (primary N) is 1. The Morgan fingerprint density at radius 1 is 1.29 bits per heavy atom. The zero-order chi connectivity index (χ0) is 12.3. The number of ether oxygens (including phenoxy) is 1.